The highest BCUT2D eigenvalue weighted by Gasteiger charge is 2.21. The Kier molecular flexibility index (Phi) is 7.97. The van der Waals surface area contributed by atoms with Gasteiger partial charge in [-0.1, -0.05) is 13.8 Å². The number of amides is 1. The van der Waals surface area contributed by atoms with Gasteiger partial charge in [0.2, 0.25) is 5.91 Å². The first-order valence-corrected chi connectivity index (χ1v) is 7.03. The van der Waals surface area contributed by atoms with E-state index in [4.69, 9.17) is 15.2 Å². The van der Waals surface area contributed by atoms with Crippen LogP contribution in [0.15, 0.2) is 0 Å². The van der Waals surface area contributed by atoms with Crippen LogP contribution < -0.4 is 11.1 Å². The SMILES string of the molecule is CC(C)C(=O)NCC1CN(CCOCCN)CCO1. The number of hydrogen-bond acceptors (Lipinski definition) is 5. The van der Waals surface area contributed by atoms with Gasteiger partial charge in [0, 0.05) is 38.6 Å². The Labute approximate surface area is 115 Å². The zero-order valence-electron chi connectivity index (χ0n) is 12.1. The summed E-state index contributed by atoms with van der Waals surface area (Å²) >= 11 is 0. The van der Waals surface area contributed by atoms with Gasteiger partial charge in [-0.25, -0.2) is 0 Å². The first-order chi connectivity index (χ1) is 9.13. The molecule has 0 aliphatic carbocycles. The molecule has 1 aliphatic rings. The number of morpholine rings is 1. The summed E-state index contributed by atoms with van der Waals surface area (Å²) in [4.78, 5) is 13.8. The molecular weight excluding hydrogens is 246 g/mol. The average Bonchev–Trinajstić information content (AvgIpc) is 2.41. The van der Waals surface area contributed by atoms with E-state index in [9.17, 15) is 4.79 Å². The molecule has 112 valence electrons. The molecule has 1 amide bonds. The number of rotatable bonds is 8. The third kappa shape index (κ3) is 6.87. The van der Waals surface area contributed by atoms with Gasteiger partial charge in [-0.15, -0.1) is 0 Å². The molecule has 0 aromatic heterocycles. The molecule has 0 spiro atoms. The Hall–Kier alpha value is -0.690. The molecule has 1 heterocycles. The molecule has 3 N–H and O–H groups in total. The molecule has 6 nitrogen and oxygen atoms in total. The molecule has 19 heavy (non-hydrogen) atoms. The smallest absolute Gasteiger partial charge is 0.222 e. The van der Waals surface area contributed by atoms with Crippen LogP contribution in [-0.2, 0) is 14.3 Å². The average molecular weight is 273 g/mol. The Bertz CT molecular complexity index is 262. The fourth-order valence-corrected chi connectivity index (χ4v) is 1.90. The number of carbonyl (C=O) groups excluding carboxylic acids is 1. The molecule has 1 aliphatic heterocycles. The Morgan fingerprint density at radius 1 is 1.53 bits per heavy atom. The van der Waals surface area contributed by atoms with Crippen molar-refractivity contribution in [3.05, 3.63) is 0 Å². The third-order valence-electron chi connectivity index (χ3n) is 3.07. The fourth-order valence-electron chi connectivity index (χ4n) is 1.90. The number of nitrogens with two attached hydrogens (primary N) is 1. The van der Waals surface area contributed by atoms with Gasteiger partial charge < -0.3 is 20.5 Å². The maximum atomic E-state index is 11.5. The quantitative estimate of drug-likeness (QED) is 0.580. The maximum Gasteiger partial charge on any atom is 0.222 e. The normalized spacial score (nSPS) is 20.7. The van der Waals surface area contributed by atoms with Gasteiger partial charge in [-0.3, -0.25) is 9.69 Å². The summed E-state index contributed by atoms with van der Waals surface area (Å²) in [6, 6.07) is 0. The van der Waals surface area contributed by atoms with Gasteiger partial charge in [0.25, 0.3) is 0 Å². The summed E-state index contributed by atoms with van der Waals surface area (Å²) in [6.45, 7) is 9.57. The van der Waals surface area contributed by atoms with Crippen LogP contribution >= 0.6 is 0 Å². The zero-order valence-corrected chi connectivity index (χ0v) is 12.1. The number of hydrogen-bond donors (Lipinski definition) is 2. The number of ether oxygens (including phenoxy) is 2. The molecule has 0 radical (unpaired) electrons. The Balaban J connectivity index is 2.17. The summed E-state index contributed by atoms with van der Waals surface area (Å²) in [6.07, 6.45) is 0.0750. The van der Waals surface area contributed by atoms with Crippen molar-refractivity contribution in [1.29, 1.82) is 0 Å². The number of nitrogens with one attached hydrogen (secondary N) is 1. The van der Waals surface area contributed by atoms with Crippen molar-refractivity contribution in [2.24, 2.45) is 11.7 Å². The van der Waals surface area contributed by atoms with Crippen molar-refractivity contribution in [3.8, 4) is 0 Å². The second-order valence-electron chi connectivity index (χ2n) is 5.09. The largest absolute Gasteiger partial charge is 0.379 e. The van der Waals surface area contributed by atoms with Crippen LogP contribution in [0.4, 0.5) is 0 Å². The minimum Gasteiger partial charge on any atom is -0.379 e. The maximum absolute atomic E-state index is 11.5. The number of carbonyl (C=O) groups is 1. The summed E-state index contributed by atoms with van der Waals surface area (Å²) in [5.74, 6) is 0.0939. The molecule has 1 atom stereocenters. The van der Waals surface area contributed by atoms with Crippen molar-refractivity contribution in [2.45, 2.75) is 20.0 Å². The van der Waals surface area contributed by atoms with Gasteiger partial charge >= 0.3 is 0 Å². The Morgan fingerprint density at radius 2 is 2.32 bits per heavy atom. The molecule has 1 rings (SSSR count). The predicted molar refractivity (Wildman–Crippen MR) is 73.9 cm³/mol. The van der Waals surface area contributed by atoms with E-state index in [0.717, 1.165) is 19.6 Å². The van der Waals surface area contributed by atoms with E-state index < -0.39 is 0 Å². The van der Waals surface area contributed by atoms with Gasteiger partial charge in [0.1, 0.15) is 0 Å². The highest BCUT2D eigenvalue weighted by molar-refractivity contribution is 5.77. The van der Waals surface area contributed by atoms with E-state index in [2.05, 4.69) is 10.2 Å². The molecule has 0 aromatic carbocycles. The monoisotopic (exact) mass is 273 g/mol. The minimum atomic E-state index is 0.0179. The first-order valence-electron chi connectivity index (χ1n) is 7.03. The van der Waals surface area contributed by atoms with Gasteiger partial charge in [0.15, 0.2) is 0 Å². The van der Waals surface area contributed by atoms with Crippen molar-refractivity contribution in [2.75, 3.05) is 52.5 Å². The van der Waals surface area contributed by atoms with E-state index >= 15 is 0 Å². The molecule has 0 aromatic rings. The lowest BCUT2D eigenvalue weighted by Gasteiger charge is -2.33. The van der Waals surface area contributed by atoms with E-state index in [1.807, 2.05) is 13.8 Å². The highest BCUT2D eigenvalue weighted by Crippen LogP contribution is 2.04. The van der Waals surface area contributed by atoms with E-state index in [-0.39, 0.29) is 17.9 Å². The molecule has 6 heteroatoms. The third-order valence-corrected chi connectivity index (χ3v) is 3.07. The second-order valence-corrected chi connectivity index (χ2v) is 5.09. The van der Waals surface area contributed by atoms with Crippen LogP contribution in [0.5, 0.6) is 0 Å². The van der Waals surface area contributed by atoms with Crippen molar-refractivity contribution in [1.82, 2.24) is 10.2 Å². The van der Waals surface area contributed by atoms with Gasteiger partial charge in [0.05, 0.1) is 25.9 Å². The summed E-state index contributed by atoms with van der Waals surface area (Å²) in [7, 11) is 0. The van der Waals surface area contributed by atoms with Crippen LogP contribution in [0.1, 0.15) is 13.8 Å². The van der Waals surface area contributed by atoms with Crippen LogP contribution in [0.2, 0.25) is 0 Å². The zero-order chi connectivity index (χ0) is 14.1. The van der Waals surface area contributed by atoms with Crippen molar-refractivity contribution >= 4 is 5.91 Å². The predicted octanol–water partition coefficient (Wildman–Crippen LogP) is -0.565. The lowest BCUT2D eigenvalue weighted by Crippen LogP contribution is -2.48. The Morgan fingerprint density at radius 3 is 3.00 bits per heavy atom. The summed E-state index contributed by atoms with van der Waals surface area (Å²) < 4.78 is 11.0. The van der Waals surface area contributed by atoms with E-state index in [1.165, 1.54) is 0 Å². The van der Waals surface area contributed by atoms with E-state index in [1.54, 1.807) is 0 Å². The van der Waals surface area contributed by atoms with Crippen LogP contribution in [0.3, 0.4) is 0 Å². The number of nitrogens with zero attached hydrogens (tertiary/aromatic N) is 1. The standard InChI is InChI=1S/C13H27N3O3/c1-11(2)13(17)15-9-12-10-16(5-8-19-12)4-7-18-6-3-14/h11-12H,3-10,14H2,1-2H3,(H,15,17). The molecule has 1 unspecified atom stereocenters. The summed E-state index contributed by atoms with van der Waals surface area (Å²) in [5.41, 5.74) is 5.36. The lowest BCUT2D eigenvalue weighted by molar-refractivity contribution is -0.125. The molecular formula is C13H27N3O3. The second kappa shape index (κ2) is 9.25. The molecule has 1 saturated heterocycles. The van der Waals surface area contributed by atoms with Crippen LogP contribution in [-0.4, -0.2) is 69.5 Å². The topological polar surface area (TPSA) is 76.8 Å². The summed E-state index contributed by atoms with van der Waals surface area (Å²) in [5, 5.41) is 2.91. The van der Waals surface area contributed by atoms with Crippen molar-refractivity contribution in [3.63, 3.8) is 0 Å². The van der Waals surface area contributed by atoms with Crippen molar-refractivity contribution < 1.29 is 14.3 Å². The van der Waals surface area contributed by atoms with E-state index in [0.29, 0.717) is 32.9 Å². The molecule has 0 bridgehead atoms. The fraction of sp³-hybridized carbons (Fsp3) is 0.923. The van der Waals surface area contributed by atoms with Gasteiger partial charge in [-0.05, 0) is 0 Å². The highest BCUT2D eigenvalue weighted by atomic mass is 16.5. The molecule has 0 saturated carbocycles. The van der Waals surface area contributed by atoms with Crippen LogP contribution in [0.25, 0.3) is 0 Å². The minimum absolute atomic E-state index is 0.0179. The lowest BCUT2D eigenvalue weighted by atomic mass is 10.2. The van der Waals surface area contributed by atoms with Crippen LogP contribution in [0, 0.1) is 5.92 Å². The van der Waals surface area contributed by atoms with Gasteiger partial charge in [-0.2, -0.15) is 0 Å². The molecule has 1 fully saturated rings. The first kappa shape index (κ1) is 16.4.